The molecule has 1 unspecified atom stereocenters. The Labute approximate surface area is 108 Å². The Morgan fingerprint density at radius 3 is 2.78 bits per heavy atom. The largest absolute Gasteiger partial charge is 0.337 e. The maximum atomic E-state index is 12.3. The number of carbonyl (C=O) groups excluding carboxylic acids is 1. The van der Waals surface area contributed by atoms with Crippen molar-refractivity contribution in [2.24, 2.45) is 5.92 Å². The summed E-state index contributed by atoms with van der Waals surface area (Å²) in [5.41, 5.74) is 1.23. The molecule has 3 heterocycles. The van der Waals surface area contributed by atoms with Crippen molar-refractivity contribution in [3.63, 3.8) is 0 Å². The summed E-state index contributed by atoms with van der Waals surface area (Å²) in [6, 6.07) is 0. The van der Waals surface area contributed by atoms with E-state index in [1.165, 1.54) is 10.6 Å². The predicted octanol–water partition coefficient (Wildman–Crippen LogP) is -3.94. The van der Waals surface area contributed by atoms with Gasteiger partial charge in [-0.25, -0.2) is 0 Å². The predicted molar refractivity (Wildman–Crippen MR) is 66.6 cm³/mol. The van der Waals surface area contributed by atoms with Crippen LogP contribution in [-0.2, 0) is 4.79 Å². The molecular formula is C13H25N4O+3. The zero-order valence-electron chi connectivity index (χ0n) is 11.4. The second-order valence-electron chi connectivity index (χ2n) is 6.33. The maximum Gasteiger partial charge on any atom is 0.238 e. The van der Waals surface area contributed by atoms with Gasteiger partial charge in [-0.05, 0) is 0 Å². The van der Waals surface area contributed by atoms with Gasteiger partial charge < -0.3 is 15.1 Å². The summed E-state index contributed by atoms with van der Waals surface area (Å²) in [4.78, 5) is 15.3. The van der Waals surface area contributed by atoms with Crippen molar-refractivity contribution in [2.75, 3.05) is 33.7 Å². The molecule has 1 amide bonds. The molecule has 5 N–H and O–H groups in total. The highest BCUT2D eigenvalue weighted by molar-refractivity contribution is 5.82. The fraction of sp³-hybridized carbons (Fsp3) is 0.769. The lowest BCUT2D eigenvalue weighted by Crippen LogP contribution is -3.16. The lowest BCUT2D eigenvalue weighted by Gasteiger charge is -2.42. The van der Waals surface area contributed by atoms with E-state index in [4.69, 9.17) is 0 Å². The van der Waals surface area contributed by atoms with Crippen LogP contribution in [0.3, 0.4) is 0 Å². The molecule has 18 heavy (non-hydrogen) atoms. The van der Waals surface area contributed by atoms with Crippen LogP contribution in [0.2, 0.25) is 0 Å². The number of nitrogens with two attached hydrogens (primary N) is 1. The third kappa shape index (κ3) is 2.06. The molecular weight excluding hydrogens is 228 g/mol. The highest BCUT2D eigenvalue weighted by Gasteiger charge is 2.50. The summed E-state index contributed by atoms with van der Waals surface area (Å²) < 4.78 is 0. The summed E-state index contributed by atoms with van der Waals surface area (Å²) in [5.74, 6) is 0.377. The number of rotatable bonds is 0. The number of carbonyl (C=O) groups is 1. The van der Waals surface area contributed by atoms with E-state index >= 15 is 0 Å². The van der Waals surface area contributed by atoms with E-state index in [-0.39, 0.29) is 17.5 Å². The Morgan fingerprint density at radius 1 is 1.33 bits per heavy atom. The molecule has 1 spiro atoms. The van der Waals surface area contributed by atoms with Crippen molar-refractivity contribution >= 4 is 5.91 Å². The number of amides is 1. The first-order valence-electron chi connectivity index (χ1n) is 7.11. The SMILES string of the molecule is C[NH+]1C=C2[NH2+]C3(CC[NH+](C)CC3)NC(=O)[C@H]2CC1. The van der Waals surface area contributed by atoms with Crippen LogP contribution in [0, 0.1) is 5.92 Å². The summed E-state index contributed by atoms with van der Waals surface area (Å²) in [5, 5.41) is 5.68. The molecule has 2 fully saturated rings. The third-order valence-electron chi connectivity index (χ3n) is 4.77. The molecule has 0 aromatic rings. The van der Waals surface area contributed by atoms with Crippen LogP contribution >= 0.6 is 0 Å². The number of hydrogen-bond donors (Lipinski definition) is 4. The molecule has 5 nitrogen and oxygen atoms in total. The average molecular weight is 253 g/mol. The lowest BCUT2D eigenvalue weighted by molar-refractivity contribution is -0.899. The molecule has 3 aliphatic rings. The minimum atomic E-state index is -0.0451. The second-order valence-corrected chi connectivity index (χ2v) is 6.33. The third-order valence-corrected chi connectivity index (χ3v) is 4.77. The zero-order chi connectivity index (χ0) is 12.8. The quantitative estimate of drug-likeness (QED) is 0.350. The van der Waals surface area contributed by atoms with Crippen LogP contribution < -0.4 is 20.4 Å². The van der Waals surface area contributed by atoms with Crippen LogP contribution in [0.1, 0.15) is 19.3 Å². The van der Waals surface area contributed by atoms with Gasteiger partial charge in [-0.2, -0.15) is 0 Å². The van der Waals surface area contributed by atoms with E-state index in [2.05, 4.69) is 30.9 Å². The smallest absolute Gasteiger partial charge is 0.238 e. The van der Waals surface area contributed by atoms with E-state index in [0.717, 1.165) is 38.9 Å². The van der Waals surface area contributed by atoms with Gasteiger partial charge in [0.1, 0.15) is 5.92 Å². The lowest BCUT2D eigenvalue weighted by atomic mass is 9.87. The molecule has 2 atom stereocenters. The Morgan fingerprint density at radius 2 is 2.06 bits per heavy atom. The van der Waals surface area contributed by atoms with Crippen molar-refractivity contribution in [3.05, 3.63) is 11.9 Å². The van der Waals surface area contributed by atoms with E-state index in [9.17, 15) is 4.79 Å². The van der Waals surface area contributed by atoms with Crippen LogP contribution in [-0.4, -0.2) is 45.3 Å². The summed E-state index contributed by atoms with van der Waals surface area (Å²) >= 11 is 0. The Bertz CT molecular complexity index is 384. The van der Waals surface area contributed by atoms with Crippen LogP contribution in [0.4, 0.5) is 0 Å². The van der Waals surface area contributed by atoms with Crippen LogP contribution in [0.25, 0.3) is 0 Å². The minimum Gasteiger partial charge on any atom is -0.337 e. The number of hydrogen-bond acceptors (Lipinski definition) is 1. The zero-order valence-corrected chi connectivity index (χ0v) is 11.4. The Kier molecular flexibility index (Phi) is 2.92. The molecule has 0 saturated carbocycles. The normalized spacial score (nSPS) is 44.2. The van der Waals surface area contributed by atoms with Crippen molar-refractivity contribution in [1.82, 2.24) is 5.32 Å². The molecule has 0 radical (unpaired) electrons. The highest BCUT2D eigenvalue weighted by Crippen LogP contribution is 2.20. The summed E-state index contributed by atoms with van der Waals surface area (Å²) in [6.45, 7) is 3.37. The second kappa shape index (κ2) is 4.33. The Balaban J connectivity index is 1.82. The van der Waals surface area contributed by atoms with Crippen LogP contribution in [0.15, 0.2) is 11.9 Å². The first kappa shape index (κ1) is 12.1. The van der Waals surface area contributed by atoms with Gasteiger partial charge in [0.05, 0.1) is 46.6 Å². The van der Waals surface area contributed by atoms with E-state index < -0.39 is 0 Å². The van der Waals surface area contributed by atoms with E-state index in [1.807, 2.05) is 0 Å². The van der Waals surface area contributed by atoms with Crippen molar-refractivity contribution < 1.29 is 19.9 Å². The van der Waals surface area contributed by atoms with Gasteiger partial charge in [0.25, 0.3) is 0 Å². The van der Waals surface area contributed by atoms with Crippen LogP contribution in [0.5, 0.6) is 0 Å². The number of likely N-dealkylation sites (tertiary alicyclic amines) is 1. The summed E-state index contributed by atoms with van der Waals surface area (Å²) in [7, 11) is 4.41. The van der Waals surface area contributed by atoms with Gasteiger partial charge in [0.15, 0.2) is 17.6 Å². The van der Waals surface area contributed by atoms with Gasteiger partial charge in [0, 0.05) is 6.42 Å². The number of piperidine rings is 1. The standard InChI is InChI=1S/C13H22N4O/c1-16-7-4-13(5-8-16)14-11-9-17(2)6-3-10(11)12(18)15-13/h9-10,14H,3-8H2,1-2H3,(H,15,18)/p+3/t10-/m0/s1. The molecule has 3 aliphatic heterocycles. The molecule has 0 aromatic carbocycles. The molecule has 5 heteroatoms. The number of quaternary nitrogens is 3. The fourth-order valence-corrected chi connectivity index (χ4v) is 3.50. The van der Waals surface area contributed by atoms with Crippen molar-refractivity contribution in [3.8, 4) is 0 Å². The molecule has 0 aliphatic carbocycles. The minimum absolute atomic E-state index is 0.0451. The molecule has 3 rings (SSSR count). The maximum absolute atomic E-state index is 12.3. The van der Waals surface area contributed by atoms with E-state index in [1.54, 1.807) is 4.90 Å². The average Bonchev–Trinajstić information content (AvgIpc) is 2.33. The number of nitrogens with one attached hydrogen (secondary N) is 3. The van der Waals surface area contributed by atoms with Gasteiger partial charge in [-0.1, -0.05) is 0 Å². The molecule has 2 saturated heterocycles. The summed E-state index contributed by atoms with van der Waals surface area (Å²) in [6.07, 6.45) is 5.39. The molecule has 0 bridgehead atoms. The van der Waals surface area contributed by atoms with E-state index in [0.29, 0.717) is 0 Å². The fourth-order valence-electron chi connectivity index (χ4n) is 3.50. The monoisotopic (exact) mass is 253 g/mol. The molecule has 100 valence electrons. The topological polar surface area (TPSA) is 54.6 Å². The van der Waals surface area contributed by atoms with Gasteiger partial charge >= 0.3 is 0 Å². The first-order valence-corrected chi connectivity index (χ1v) is 7.11. The van der Waals surface area contributed by atoms with Gasteiger partial charge in [0.2, 0.25) is 5.91 Å². The number of fused-ring (bicyclic) bond motifs is 1. The van der Waals surface area contributed by atoms with Crippen molar-refractivity contribution in [1.29, 1.82) is 0 Å². The Hall–Kier alpha value is -0.910. The van der Waals surface area contributed by atoms with Gasteiger partial charge in [-0.15, -0.1) is 0 Å². The van der Waals surface area contributed by atoms with Gasteiger partial charge in [-0.3, -0.25) is 10.1 Å². The highest BCUT2D eigenvalue weighted by atomic mass is 16.2. The first-order chi connectivity index (χ1) is 8.58. The molecule has 0 aromatic heterocycles. The van der Waals surface area contributed by atoms with Crippen molar-refractivity contribution in [2.45, 2.75) is 24.9 Å².